The van der Waals surface area contributed by atoms with Crippen LogP contribution in [0.15, 0.2) is 53.3 Å². The zero-order valence-electron chi connectivity index (χ0n) is 15.5. The maximum Gasteiger partial charge on any atom is 0.298 e. The second kappa shape index (κ2) is 5.82. The van der Waals surface area contributed by atoms with Crippen LogP contribution in [0.4, 0.5) is 6.01 Å². The summed E-state index contributed by atoms with van der Waals surface area (Å²) in [5.41, 5.74) is 4.70. The van der Waals surface area contributed by atoms with Gasteiger partial charge in [0.2, 0.25) is 0 Å². The third kappa shape index (κ3) is 2.25. The van der Waals surface area contributed by atoms with Crippen LogP contribution in [0, 0.1) is 5.92 Å². The minimum Gasteiger partial charge on any atom is -0.423 e. The molecule has 0 aliphatic carbocycles. The van der Waals surface area contributed by atoms with Gasteiger partial charge >= 0.3 is 0 Å². The lowest BCUT2D eigenvalue weighted by atomic mass is 9.86. The van der Waals surface area contributed by atoms with Crippen molar-refractivity contribution in [2.45, 2.75) is 19.3 Å². The van der Waals surface area contributed by atoms with Crippen LogP contribution >= 0.6 is 0 Å². The lowest BCUT2D eigenvalue weighted by Gasteiger charge is -2.35. The van der Waals surface area contributed by atoms with Gasteiger partial charge in [0, 0.05) is 25.2 Å². The number of anilines is 1. The Kier molecular flexibility index (Phi) is 3.26. The van der Waals surface area contributed by atoms with E-state index in [1.54, 1.807) is 0 Å². The molecular formula is C21H20N6O. The van der Waals surface area contributed by atoms with Crippen molar-refractivity contribution >= 4 is 33.8 Å². The SMILES string of the molecule is CC1CCN(c2nc3ccccc3o2)CC1c1ncc2cnc3[nH]ccc3n12. The van der Waals surface area contributed by atoms with Gasteiger partial charge in [-0.15, -0.1) is 0 Å². The Balaban J connectivity index is 1.42. The first kappa shape index (κ1) is 15.7. The Morgan fingerprint density at radius 2 is 2.04 bits per heavy atom. The predicted octanol–water partition coefficient (Wildman–Crippen LogP) is 3.98. The van der Waals surface area contributed by atoms with E-state index >= 15 is 0 Å². The quantitative estimate of drug-likeness (QED) is 0.507. The zero-order chi connectivity index (χ0) is 18.7. The third-order valence-corrected chi connectivity index (χ3v) is 5.93. The number of benzene rings is 1. The predicted molar refractivity (Wildman–Crippen MR) is 108 cm³/mol. The molecule has 1 N–H and O–H groups in total. The maximum atomic E-state index is 6.03. The molecule has 2 atom stereocenters. The first-order chi connectivity index (χ1) is 13.8. The van der Waals surface area contributed by atoms with Gasteiger partial charge in [-0.1, -0.05) is 19.1 Å². The summed E-state index contributed by atoms with van der Waals surface area (Å²) in [6.45, 7) is 4.08. The Hall–Kier alpha value is -3.35. The summed E-state index contributed by atoms with van der Waals surface area (Å²) in [6.07, 6.45) is 6.79. The van der Waals surface area contributed by atoms with Crippen LogP contribution < -0.4 is 4.90 Å². The molecule has 1 aliphatic heterocycles. The highest BCUT2D eigenvalue weighted by atomic mass is 16.4. The molecule has 1 saturated heterocycles. The molecule has 5 aromatic rings. The molecule has 1 aromatic carbocycles. The van der Waals surface area contributed by atoms with Gasteiger partial charge in [0.05, 0.1) is 23.4 Å². The van der Waals surface area contributed by atoms with Crippen LogP contribution in [0.2, 0.25) is 0 Å². The van der Waals surface area contributed by atoms with Gasteiger partial charge in [-0.2, -0.15) is 4.98 Å². The Labute approximate surface area is 161 Å². The van der Waals surface area contributed by atoms with Crippen molar-refractivity contribution in [1.29, 1.82) is 0 Å². The van der Waals surface area contributed by atoms with Crippen LogP contribution in [-0.4, -0.2) is 37.4 Å². The molecule has 0 amide bonds. The lowest BCUT2D eigenvalue weighted by Crippen LogP contribution is -2.39. The van der Waals surface area contributed by atoms with E-state index < -0.39 is 0 Å². The number of nitrogens with one attached hydrogen (secondary N) is 1. The number of aromatic nitrogens is 5. The summed E-state index contributed by atoms with van der Waals surface area (Å²) in [6, 6.07) is 10.7. The first-order valence-electron chi connectivity index (χ1n) is 9.68. The number of imidazole rings is 1. The minimum absolute atomic E-state index is 0.284. The number of rotatable bonds is 2. The third-order valence-electron chi connectivity index (χ3n) is 5.93. The number of piperidine rings is 1. The minimum atomic E-state index is 0.284. The molecule has 140 valence electrons. The molecule has 28 heavy (non-hydrogen) atoms. The second-order valence-electron chi connectivity index (χ2n) is 7.63. The highest BCUT2D eigenvalue weighted by molar-refractivity contribution is 5.76. The average Bonchev–Trinajstić information content (AvgIpc) is 3.44. The lowest BCUT2D eigenvalue weighted by molar-refractivity contribution is 0.354. The van der Waals surface area contributed by atoms with Gasteiger partial charge in [-0.05, 0) is 30.5 Å². The van der Waals surface area contributed by atoms with Crippen LogP contribution in [0.1, 0.15) is 25.1 Å². The fourth-order valence-corrected chi connectivity index (χ4v) is 4.34. The molecule has 7 nitrogen and oxygen atoms in total. The number of fused-ring (bicyclic) bond motifs is 4. The van der Waals surface area contributed by atoms with Gasteiger partial charge in [-0.25, -0.2) is 9.97 Å². The van der Waals surface area contributed by atoms with Crippen molar-refractivity contribution in [3.8, 4) is 0 Å². The summed E-state index contributed by atoms with van der Waals surface area (Å²) >= 11 is 0. The highest BCUT2D eigenvalue weighted by Gasteiger charge is 2.32. The fourth-order valence-electron chi connectivity index (χ4n) is 4.34. The van der Waals surface area contributed by atoms with Crippen molar-refractivity contribution in [1.82, 2.24) is 24.3 Å². The van der Waals surface area contributed by atoms with E-state index in [1.165, 1.54) is 0 Å². The van der Waals surface area contributed by atoms with Crippen molar-refractivity contribution < 1.29 is 4.42 Å². The normalized spacial score (nSPS) is 20.5. The monoisotopic (exact) mass is 372 g/mol. The number of aromatic amines is 1. The topological polar surface area (TPSA) is 75.2 Å². The summed E-state index contributed by atoms with van der Waals surface area (Å²) in [7, 11) is 0. The zero-order valence-corrected chi connectivity index (χ0v) is 15.5. The van der Waals surface area contributed by atoms with Gasteiger partial charge in [-0.3, -0.25) is 4.40 Å². The van der Waals surface area contributed by atoms with Crippen molar-refractivity contribution in [2.75, 3.05) is 18.0 Å². The van der Waals surface area contributed by atoms with E-state index in [2.05, 4.69) is 32.3 Å². The molecule has 6 rings (SSSR count). The highest BCUT2D eigenvalue weighted by Crippen LogP contribution is 2.35. The smallest absolute Gasteiger partial charge is 0.298 e. The molecule has 4 aromatic heterocycles. The largest absolute Gasteiger partial charge is 0.423 e. The molecule has 5 heterocycles. The summed E-state index contributed by atoms with van der Waals surface area (Å²) in [4.78, 5) is 19.4. The number of oxazole rings is 1. The molecule has 7 heteroatoms. The molecular weight excluding hydrogens is 352 g/mol. The van der Waals surface area contributed by atoms with Crippen LogP contribution in [0.3, 0.4) is 0 Å². The summed E-state index contributed by atoms with van der Waals surface area (Å²) in [5.74, 6) is 1.88. The van der Waals surface area contributed by atoms with Gasteiger partial charge in [0.15, 0.2) is 11.2 Å². The molecule has 1 fully saturated rings. The van der Waals surface area contributed by atoms with E-state index in [0.29, 0.717) is 11.9 Å². The molecule has 1 aliphatic rings. The van der Waals surface area contributed by atoms with E-state index in [9.17, 15) is 0 Å². The number of H-pyrrole nitrogens is 1. The summed E-state index contributed by atoms with van der Waals surface area (Å²) in [5, 5.41) is 0. The molecule has 2 unspecified atom stereocenters. The van der Waals surface area contributed by atoms with Gasteiger partial charge < -0.3 is 14.3 Å². The van der Waals surface area contributed by atoms with Crippen molar-refractivity contribution in [2.24, 2.45) is 5.92 Å². The van der Waals surface area contributed by atoms with Crippen LogP contribution in [-0.2, 0) is 0 Å². The number of hydrogen-bond acceptors (Lipinski definition) is 5. The van der Waals surface area contributed by atoms with Crippen molar-refractivity contribution in [3.63, 3.8) is 0 Å². The fraction of sp³-hybridized carbons (Fsp3) is 0.286. The Bertz CT molecular complexity index is 1270. The van der Waals surface area contributed by atoms with E-state index in [1.807, 2.05) is 42.9 Å². The standard InChI is InChI=1S/C21H20N6O/c1-13-7-9-26(21-25-16-4-2-3-5-18(16)28-21)12-15(13)20-24-11-14-10-23-19-17(27(14)20)6-8-22-19/h2-6,8,10-11,13,15,22H,7,9,12H2,1H3. The van der Waals surface area contributed by atoms with E-state index in [-0.39, 0.29) is 5.92 Å². The van der Waals surface area contributed by atoms with E-state index in [4.69, 9.17) is 14.4 Å². The van der Waals surface area contributed by atoms with Gasteiger partial charge in [0.25, 0.3) is 6.01 Å². The Morgan fingerprint density at radius 3 is 2.96 bits per heavy atom. The number of nitrogens with zero attached hydrogens (tertiary/aromatic N) is 5. The Morgan fingerprint density at radius 1 is 1.14 bits per heavy atom. The number of para-hydroxylation sites is 2. The number of hydrogen-bond donors (Lipinski definition) is 1. The molecule has 0 saturated carbocycles. The molecule has 0 radical (unpaired) electrons. The van der Waals surface area contributed by atoms with Crippen LogP contribution in [0.5, 0.6) is 0 Å². The maximum absolute atomic E-state index is 6.03. The summed E-state index contributed by atoms with van der Waals surface area (Å²) < 4.78 is 8.26. The molecule has 0 bridgehead atoms. The van der Waals surface area contributed by atoms with Crippen molar-refractivity contribution in [3.05, 3.63) is 54.7 Å². The second-order valence-corrected chi connectivity index (χ2v) is 7.63. The first-order valence-corrected chi connectivity index (χ1v) is 9.68. The van der Waals surface area contributed by atoms with Gasteiger partial charge in [0.1, 0.15) is 11.3 Å². The average molecular weight is 372 g/mol. The molecule has 0 spiro atoms. The van der Waals surface area contributed by atoms with Crippen LogP contribution in [0.25, 0.3) is 27.8 Å². The van der Waals surface area contributed by atoms with E-state index in [0.717, 1.165) is 53.1 Å².